The Morgan fingerprint density at radius 2 is 1.85 bits per heavy atom. The quantitative estimate of drug-likeness (QED) is 0.187. The van der Waals surface area contributed by atoms with Crippen molar-refractivity contribution in [2.24, 2.45) is 0 Å². The third-order valence-electron chi connectivity index (χ3n) is 6.55. The predicted molar refractivity (Wildman–Crippen MR) is 151 cm³/mol. The average Bonchev–Trinajstić information content (AvgIpc) is 2.96. The number of ether oxygens (including phenoxy) is 1. The lowest BCUT2D eigenvalue weighted by Crippen LogP contribution is -2.58. The summed E-state index contributed by atoms with van der Waals surface area (Å²) in [5.74, 6) is 0.263. The zero-order valence-corrected chi connectivity index (χ0v) is 21.8. The molecule has 0 unspecified atom stereocenters. The van der Waals surface area contributed by atoms with E-state index < -0.39 is 17.4 Å². The van der Waals surface area contributed by atoms with Gasteiger partial charge in [0.25, 0.3) is 0 Å². The number of rotatable bonds is 10. The molecule has 3 atom stereocenters. The maximum Gasteiger partial charge on any atom is 0.243 e. The number of halogens is 1. The Labute approximate surface area is 230 Å². The number of aromatic hydroxyl groups is 1. The monoisotopic (exact) mass is 542 g/mol. The number of thioether (sulfide) groups is 1. The minimum absolute atomic E-state index is 0.0479. The van der Waals surface area contributed by atoms with Crippen LogP contribution in [0.5, 0.6) is 11.5 Å². The number of aromatic nitrogens is 1. The molecule has 0 spiro atoms. The van der Waals surface area contributed by atoms with E-state index in [4.69, 9.17) is 4.74 Å². The summed E-state index contributed by atoms with van der Waals surface area (Å²) in [6.45, 7) is 3.93. The van der Waals surface area contributed by atoms with Gasteiger partial charge >= 0.3 is 0 Å². The van der Waals surface area contributed by atoms with Gasteiger partial charge in [0.15, 0.2) is 0 Å². The Morgan fingerprint density at radius 1 is 1.08 bits per heavy atom. The van der Waals surface area contributed by atoms with Gasteiger partial charge in [-0.05, 0) is 59.2 Å². The van der Waals surface area contributed by atoms with Crippen molar-refractivity contribution in [3.8, 4) is 22.6 Å². The number of amides is 1. The highest BCUT2D eigenvalue weighted by atomic mass is 32.2. The van der Waals surface area contributed by atoms with E-state index in [2.05, 4.69) is 11.6 Å². The molecule has 1 aromatic heterocycles. The molecule has 1 saturated heterocycles. The summed E-state index contributed by atoms with van der Waals surface area (Å²) in [6.07, 6.45) is 4.24. The Bertz CT molecular complexity index is 1450. The van der Waals surface area contributed by atoms with Crippen molar-refractivity contribution < 1.29 is 24.1 Å². The van der Waals surface area contributed by atoms with Crippen LogP contribution in [0, 0.1) is 5.82 Å². The molecule has 0 bridgehead atoms. The number of aliphatic hydroxyl groups excluding tert-OH is 1. The molecule has 3 aromatic carbocycles. The van der Waals surface area contributed by atoms with Crippen molar-refractivity contribution in [1.82, 2.24) is 4.98 Å². The molecule has 0 aliphatic carbocycles. The third kappa shape index (κ3) is 5.67. The smallest absolute Gasteiger partial charge is 0.243 e. The Kier molecular flexibility index (Phi) is 7.95. The second-order valence-corrected chi connectivity index (χ2v) is 10.3. The molecule has 0 saturated carbocycles. The molecule has 8 heteroatoms. The minimum Gasteiger partial charge on any atom is -0.508 e. The fourth-order valence-electron chi connectivity index (χ4n) is 4.58. The second-order valence-electron chi connectivity index (χ2n) is 9.08. The first-order valence-corrected chi connectivity index (χ1v) is 13.5. The molecule has 198 valence electrons. The lowest BCUT2D eigenvalue weighted by molar-refractivity contribution is -0.123. The largest absolute Gasteiger partial charge is 0.508 e. The number of phenols is 1. The van der Waals surface area contributed by atoms with Crippen molar-refractivity contribution in [3.05, 3.63) is 121 Å². The van der Waals surface area contributed by atoms with E-state index in [-0.39, 0.29) is 29.8 Å². The molecule has 2 heterocycles. The SMILES string of the molecule is C=CCOc1cc(O)ccc1[C@@H]1[C@@H](SC[C@H](O)c2ccc(F)cc2)C(=O)N1c1ccc(-c2cccnc2)cc1. The average molecular weight is 543 g/mol. The van der Waals surface area contributed by atoms with Crippen LogP contribution in [-0.2, 0) is 4.79 Å². The van der Waals surface area contributed by atoms with Crippen molar-refractivity contribution in [2.45, 2.75) is 17.4 Å². The zero-order valence-electron chi connectivity index (χ0n) is 21.0. The third-order valence-corrected chi connectivity index (χ3v) is 7.87. The number of nitrogens with zero attached hydrogens (tertiary/aromatic N) is 2. The Balaban J connectivity index is 1.44. The maximum atomic E-state index is 13.5. The van der Waals surface area contributed by atoms with Gasteiger partial charge in [-0.3, -0.25) is 9.78 Å². The van der Waals surface area contributed by atoms with E-state index in [1.165, 1.54) is 42.1 Å². The number of hydrogen-bond donors (Lipinski definition) is 2. The van der Waals surface area contributed by atoms with Crippen LogP contribution in [-0.4, -0.2) is 38.7 Å². The van der Waals surface area contributed by atoms with Gasteiger partial charge in [0.1, 0.15) is 29.2 Å². The van der Waals surface area contributed by atoms with Gasteiger partial charge in [-0.25, -0.2) is 4.39 Å². The minimum atomic E-state index is -0.867. The van der Waals surface area contributed by atoms with Gasteiger partial charge in [-0.15, -0.1) is 11.8 Å². The first-order valence-electron chi connectivity index (χ1n) is 12.4. The molecular formula is C31H27FN2O4S. The normalized spacial score (nSPS) is 17.4. The van der Waals surface area contributed by atoms with E-state index in [9.17, 15) is 19.4 Å². The lowest BCUT2D eigenvalue weighted by Gasteiger charge is -2.47. The van der Waals surface area contributed by atoms with Crippen molar-refractivity contribution >= 4 is 23.4 Å². The first kappa shape index (κ1) is 26.5. The predicted octanol–water partition coefficient (Wildman–Crippen LogP) is 6.08. The van der Waals surface area contributed by atoms with Crippen LogP contribution in [0.3, 0.4) is 0 Å². The molecule has 1 aliphatic heterocycles. The summed E-state index contributed by atoms with van der Waals surface area (Å²) in [6, 6.07) is 21.6. The standard InChI is InChI=1S/C31H27FN2O4S/c1-2-16-38-28-17-25(35)13-14-26(28)29-30(39-19-27(36)21-5-9-23(32)10-6-21)31(37)34(29)24-11-7-20(8-12-24)22-4-3-15-33-18-22/h2-15,17-18,27,29-30,35-36H,1,16,19H2/t27-,29+,30+/m0/s1. The molecule has 4 aromatic rings. The molecular weight excluding hydrogens is 515 g/mol. The molecule has 5 rings (SSSR count). The van der Waals surface area contributed by atoms with Crippen molar-refractivity contribution in [1.29, 1.82) is 0 Å². The number of β-lactam (4-membered cyclic amide) rings is 1. The Hall–Kier alpha value is -4.14. The number of carbonyl (C=O) groups excluding carboxylic acids is 1. The fraction of sp³-hybridized carbons (Fsp3) is 0.161. The summed E-state index contributed by atoms with van der Waals surface area (Å²) in [4.78, 5) is 19.4. The molecule has 1 amide bonds. The van der Waals surface area contributed by atoms with Crippen molar-refractivity contribution in [2.75, 3.05) is 17.3 Å². The number of phenolic OH excluding ortho intramolecular Hbond substituents is 1. The summed E-state index contributed by atoms with van der Waals surface area (Å²) < 4.78 is 19.2. The summed E-state index contributed by atoms with van der Waals surface area (Å²) in [7, 11) is 0. The fourth-order valence-corrected chi connectivity index (χ4v) is 5.87. The number of pyridine rings is 1. The first-order chi connectivity index (χ1) is 19.0. The number of carbonyl (C=O) groups is 1. The van der Waals surface area contributed by atoms with Crippen LogP contribution < -0.4 is 9.64 Å². The van der Waals surface area contributed by atoms with Crippen LogP contribution in [0.2, 0.25) is 0 Å². The Morgan fingerprint density at radius 3 is 2.54 bits per heavy atom. The number of benzene rings is 3. The molecule has 1 aliphatic rings. The van der Waals surface area contributed by atoms with E-state index >= 15 is 0 Å². The summed E-state index contributed by atoms with van der Waals surface area (Å²) in [5.41, 5.74) is 3.98. The number of hydrogen-bond acceptors (Lipinski definition) is 6. The van der Waals surface area contributed by atoms with Gasteiger partial charge in [0.05, 0.1) is 12.1 Å². The van der Waals surface area contributed by atoms with Gasteiger partial charge in [0.2, 0.25) is 5.91 Å². The summed E-state index contributed by atoms with van der Waals surface area (Å²) in [5, 5.41) is 20.3. The van der Waals surface area contributed by atoms with Gasteiger partial charge in [-0.2, -0.15) is 0 Å². The van der Waals surface area contributed by atoms with E-state index in [0.717, 1.165) is 22.4 Å². The van der Waals surface area contributed by atoms with Crippen LogP contribution >= 0.6 is 11.8 Å². The van der Waals surface area contributed by atoms with Crippen molar-refractivity contribution in [3.63, 3.8) is 0 Å². The highest BCUT2D eigenvalue weighted by molar-refractivity contribution is 8.00. The van der Waals surface area contributed by atoms with Gasteiger partial charge < -0.3 is 19.8 Å². The second kappa shape index (κ2) is 11.7. The van der Waals surface area contributed by atoms with Crippen LogP contribution in [0.1, 0.15) is 23.3 Å². The van der Waals surface area contributed by atoms with E-state index in [0.29, 0.717) is 11.3 Å². The zero-order chi connectivity index (χ0) is 27.4. The van der Waals surface area contributed by atoms with Crippen LogP contribution in [0.4, 0.5) is 10.1 Å². The molecule has 2 N–H and O–H groups in total. The van der Waals surface area contributed by atoms with Crippen LogP contribution in [0.25, 0.3) is 11.1 Å². The number of aliphatic hydroxyl groups is 1. The lowest BCUT2D eigenvalue weighted by atomic mass is 9.91. The van der Waals surface area contributed by atoms with E-state index in [1.54, 1.807) is 35.5 Å². The highest BCUT2D eigenvalue weighted by Crippen LogP contribution is 2.49. The topological polar surface area (TPSA) is 82.9 Å². The summed E-state index contributed by atoms with van der Waals surface area (Å²) >= 11 is 1.34. The molecule has 6 nitrogen and oxygen atoms in total. The van der Waals surface area contributed by atoms with Crippen LogP contribution in [0.15, 0.2) is 104 Å². The van der Waals surface area contributed by atoms with Gasteiger partial charge in [0, 0.05) is 35.5 Å². The van der Waals surface area contributed by atoms with Gasteiger partial charge in [-0.1, -0.05) is 43.0 Å². The molecule has 39 heavy (non-hydrogen) atoms. The molecule has 0 radical (unpaired) electrons. The molecule has 1 fully saturated rings. The van der Waals surface area contributed by atoms with E-state index in [1.807, 2.05) is 36.4 Å². The maximum absolute atomic E-state index is 13.5. The number of anilines is 1. The highest BCUT2D eigenvalue weighted by Gasteiger charge is 2.50.